The molecule has 0 radical (unpaired) electrons. The molecule has 30 heavy (non-hydrogen) atoms. The first-order valence-corrected chi connectivity index (χ1v) is 11.9. The highest BCUT2D eigenvalue weighted by Gasteiger charge is 2.29. The molecule has 2 aromatic rings. The maximum atomic E-state index is 12.7. The lowest BCUT2D eigenvalue weighted by Crippen LogP contribution is -2.33. The molecule has 1 heterocycles. The van der Waals surface area contributed by atoms with E-state index in [1.54, 1.807) is 30.3 Å². The van der Waals surface area contributed by atoms with Crippen molar-refractivity contribution in [3.8, 4) is 0 Å². The number of rotatable bonds is 9. The van der Waals surface area contributed by atoms with Gasteiger partial charge in [0.05, 0.1) is 5.75 Å². The first-order chi connectivity index (χ1) is 14.3. The second-order valence-corrected chi connectivity index (χ2v) is 9.82. The molecule has 0 fully saturated rings. The normalized spacial score (nSPS) is 16.9. The van der Waals surface area contributed by atoms with Gasteiger partial charge < -0.3 is 14.4 Å². The fourth-order valence-corrected chi connectivity index (χ4v) is 4.05. The van der Waals surface area contributed by atoms with E-state index in [4.69, 9.17) is 9.47 Å². The van der Waals surface area contributed by atoms with Gasteiger partial charge in [-0.1, -0.05) is 48.5 Å². The number of benzene rings is 2. The molecule has 2 unspecified atom stereocenters. The van der Waals surface area contributed by atoms with Crippen LogP contribution >= 0.6 is 0 Å². The molecule has 2 atom stereocenters. The van der Waals surface area contributed by atoms with Crippen LogP contribution in [0.15, 0.2) is 72.7 Å². The Morgan fingerprint density at radius 2 is 1.70 bits per heavy atom. The molecular weight excluding hydrogens is 402 g/mol. The fraction of sp³-hybridized carbons (Fsp3) is 0.348. The van der Waals surface area contributed by atoms with Gasteiger partial charge in [0.15, 0.2) is 0 Å². The van der Waals surface area contributed by atoms with Gasteiger partial charge in [0.2, 0.25) is 6.29 Å². The van der Waals surface area contributed by atoms with Crippen molar-refractivity contribution in [1.82, 2.24) is 4.90 Å². The lowest BCUT2D eigenvalue weighted by Gasteiger charge is -2.25. The van der Waals surface area contributed by atoms with Crippen LogP contribution < -0.4 is 0 Å². The summed E-state index contributed by atoms with van der Waals surface area (Å²) in [7, 11) is -1.44. The summed E-state index contributed by atoms with van der Waals surface area (Å²) in [6.07, 6.45) is 3.23. The van der Waals surface area contributed by atoms with Crippen molar-refractivity contribution in [2.45, 2.75) is 19.1 Å². The van der Waals surface area contributed by atoms with Crippen molar-refractivity contribution in [3.05, 3.63) is 83.8 Å². The Labute approximate surface area is 178 Å². The van der Waals surface area contributed by atoms with Gasteiger partial charge >= 0.3 is 0 Å². The van der Waals surface area contributed by atoms with E-state index in [1.807, 2.05) is 48.5 Å². The first-order valence-electron chi connectivity index (χ1n) is 9.86. The molecule has 0 saturated heterocycles. The van der Waals surface area contributed by atoms with E-state index < -0.39 is 16.1 Å². The number of hydrogen-bond donors (Lipinski definition) is 0. The maximum Gasteiger partial charge on any atom is 0.253 e. The Morgan fingerprint density at radius 1 is 1.07 bits per heavy atom. The predicted molar refractivity (Wildman–Crippen MR) is 115 cm³/mol. The summed E-state index contributed by atoms with van der Waals surface area (Å²) >= 11 is 0. The van der Waals surface area contributed by atoms with E-state index in [0.717, 1.165) is 5.56 Å². The van der Waals surface area contributed by atoms with Crippen molar-refractivity contribution < 1.29 is 22.7 Å². The summed E-state index contributed by atoms with van der Waals surface area (Å²) in [5.41, 5.74) is 1.67. The van der Waals surface area contributed by atoms with Gasteiger partial charge in [-0.05, 0) is 24.1 Å². The molecule has 3 rings (SSSR count). The molecule has 1 aliphatic rings. The Kier molecular flexibility index (Phi) is 7.15. The minimum Gasteiger partial charge on any atom is -0.459 e. The zero-order chi connectivity index (χ0) is 21.6. The summed E-state index contributed by atoms with van der Waals surface area (Å²) in [5, 5.41) is 0. The third kappa shape index (κ3) is 6.35. The van der Waals surface area contributed by atoms with E-state index in [2.05, 4.69) is 0 Å². The molecule has 1 amide bonds. The Morgan fingerprint density at radius 3 is 2.33 bits per heavy atom. The Hall–Kier alpha value is -2.80. The summed E-state index contributed by atoms with van der Waals surface area (Å²) in [4.78, 5) is 14.3. The summed E-state index contributed by atoms with van der Waals surface area (Å²) in [5.74, 6) is 0.181. The van der Waals surface area contributed by atoms with Crippen LogP contribution in [0.25, 0.3) is 0 Å². The SMILES string of the molecule is CN(CC(CCS(C)(=O)=O)C1=COC(Cc2ccccc2)O1)C(=O)c1ccccc1. The van der Waals surface area contributed by atoms with E-state index in [9.17, 15) is 13.2 Å². The van der Waals surface area contributed by atoms with Crippen molar-refractivity contribution in [2.75, 3.05) is 25.6 Å². The lowest BCUT2D eigenvalue weighted by molar-refractivity contribution is -0.0370. The van der Waals surface area contributed by atoms with Crippen molar-refractivity contribution >= 4 is 15.7 Å². The minimum atomic E-state index is -3.15. The Balaban J connectivity index is 1.67. The van der Waals surface area contributed by atoms with Gasteiger partial charge in [0, 0.05) is 37.8 Å². The van der Waals surface area contributed by atoms with Crippen LogP contribution in [0.1, 0.15) is 22.3 Å². The van der Waals surface area contributed by atoms with Crippen LogP contribution in [-0.4, -0.2) is 51.1 Å². The minimum absolute atomic E-state index is 0.00901. The van der Waals surface area contributed by atoms with Crippen LogP contribution in [0.3, 0.4) is 0 Å². The highest BCUT2D eigenvalue weighted by Crippen LogP contribution is 2.27. The molecule has 0 aliphatic carbocycles. The van der Waals surface area contributed by atoms with Crippen LogP contribution in [0.5, 0.6) is 0 Å². The fourth-order valence-electron chi connectivity index (χ4n) is 3.33. The van der Waals surface area contributed by atoms with Gasteiger partial charge in [-0.15, -0.1) is 0 Å². The van der Waals surface area contributed by atoms with E-state index >= 15 is 0 Å². The molecule has 0 bridgehead atoms. The molecule has 6 nitrogen and oxygen atoms in total. The van der Waals surface area contributed by atoms with Crippen molar-refractivity contribution in [3.63, 3.8) is 0 Å². The van der Waals surface area contributed by atoms with E-state index in [-0.39, 0.29) is 17.6 Å². The highest BCUT2D eigenvalue weighted by atomic mass is 32.2. The predicted octanol–water partition coefficient (Wildman–Crippen LogP) is 3.27. The quantitative estimate of drug-likeness (QED) is 0.612. The van der Waals surface area contributed by atoms with Crippen molar-refractivity contribution in [1.29, 1.82) is 0 Å². The molecule has 160 valence electrons. The average molecular weight is 430 g/mol. The number of sulfone groups is 1. The standard InChI is InChI=1S/C23H27NO5S/c1-24(23(25)19-11-7-4-8-12-19)16-20(13-14-30(2,26)27)21-17-28-22(29-21)15-18-9-5-3-6-10-18/h3-12,17,20,22H,13-16H2,1-2H3. The molecule has 7 heteroatoms. The third-order valence-electron chi connectivity index (χ3n) is 4.95. The van der Waals surface area contributed by atoms with Crippen LogP contribution in [-0.2, 0) is 25.7 Å². The Bertz CT molecular complexity index is 973. The molecule has 1 aliphatic heterocycles. The molecule has 0 N–H and O–H groups in total. The van der Waals surface area contributed by atoms with Gasteiger partial charge in [-0.3, -0.25) is 4.79 Å². The number of hydrogen-bond acceptors (Lipinski definition) is 5. The summed E-state index contributed by atoms with van der Waals surface area (Å²) in [6.45, 7) is 0.330. The van der Waals surface area contributed by atoms with Gasteiger partial charge in [-0.2, -0.15) is 0 Å². The topological polar surface area (TPSA) is 72.9 Å². The van der Waals surface area contributed by atoms with E-state index in [0.29, 0.717) is 30.7 Å². The van der Waals surface area contributed by atoms with Crippen LogP contribution in [0.2, 0.25) is 0 Å². The molecule has 0 saturated carbocycles. The second kappa shape index (κ2) is 9.80. The van der Waals surface area contributed by atoms with E-state index in [1.165, 1.54) is 6.26 Å². The average Bonchev–Trinajstić information content (AvgIpc) is 3.19. The van der Waals surface area contributed by atoms with Gasteiger partial charge in [0.25, 0.3) is 5.91 Å². The first kappa shape index (κ1) is 21.9. The second-order valence-electron chi connectivity index (χ2n) is 7.56. The third-order valence-corrected chi connectivity index (χ3v) is 5.93. The summed E-state index contributed by atoms with van der Waals surface area (Å²) in [6, 6.07) is 18.9. The van der Waals surface area contributed by atoms with Crippen molar-refractivity contribution in [2.24, 2.45) is 5.92 Å². The van der Waals surface area contributed by atoms with Gasteiger partial charge in [-0.25, -0.2) is 8.42 Å². The number of carbonyl (C=O) groups is 1. The van der Waals surface area contributed by atoms with Crippen LogP contribution in [0.4, 0.5) is 0 Å². The lowest BCUT2D eigenvalue weighted by atomic mass is 10.0. The maximum absolute atomic E-state index is 12.7. The monoisotopic (exact) mass is 429 g/mol. The number of amides is 1. The number of nitrogens with zero attached hydrogens (tertiary/aromatic N) is 1. The van der Waals surface area contributed by atoms with Gasteiger partial charge in [0.1, 0.15) is 21.9 Å². The zero-order valence-corrected chi connectivity index (χ0v) is 18.0. The smallest absolute Gasteiger partial charge is 0.253 e. The zero-order valence-electron chi connectivity index (χ0n) is 17.2. The largest absolute Gasteiger partial charge is 0.459 e. The molecule has 0 aromatic heterocycles. The molecule has 0 spiro atoms. The summed E-state index contributed by atoms with van der Waals surface area (Å²) < 4.78 is 35.1. The molecule has 2 aromatic carbocycles. The number of carbonyl (C=O) groups excluding carboxylic acids is 1. The molecular formula is C23H27NO5S. The van der Waals surface area contributed by atoms with Crippen LogP contribution in [0, 0.1) is 5.92 Å². The highest BCUT2D eigenvalue weighted by molar-refractivity contribution is 7.90. The number of ether oxygens (including phenoxy) is 2.